The summed E-state index contributed by atoms with van der Waals surface area (Å²) in [5.74, 6) is 2.39. The van der Waals surface area contributed by atoms with Crippen LogP contribution in [0, 0.1) is 13.8 Å². The van der Waals surface area contributed by atoms with Gasteiger partial charge in [-0.25, -0.2) is 0 Å². The summed E-state index contributed by atoms with van der Waals surface area (Å²) in [7, 11) is 0. The highest BCUT2D eigenvalue weighted by Crippen LogP contribution is 2.47. The van der Waals surface area contributed by atoms with Gasteiger partial charge in [0.05, 0.1) is 5.52 Å². The summed E-state index contributed by atoms with van der Waals surface area (Å²) < 4.78 is 10.3. The molecular weight excluding hydrogens is 932 g/mol. The van der Waals surface area contributed by atoms with Crippen molar-refractivity contribution >= 4 is 102 Å². The van der Waals surface area contributed by atoms with Gasteiger partial charge in [-0.15, -0.1) is 0 Å². The highest BCUT2D eigenvalue weighted by atomic mass is 16.5. The number of benzene rings is 8. The molecule has 0 spiro atoms. The third-order valence-electron chi connectivity index (χ3n) is 18.0. The van der Waals surface area contributed by atoms with Gasteiger partial charge < -0.3 is 19.1 Å². The zero-order valence-corrected chi connectivity index (χ0v) is 47.5. The van der Waals surface area contributed by atoms with Crippen molar-refractivity contribution in [2.24, 2.45) is 0 Å². The molecule has 4 aliphatic heterocycles. The van der Waals surface area contributed by atoms with Gasteiger partial charge >= 0.3 is 0 Å². The molecule has 0 saturated carbocycles. The van der Waals surface area contributed by atoms with E-state index in [1.807, 2.05) is 0 Å². The Morgan fingerprint density at radius 2 is 1.10 bits per heavy atom. The first kappa shape index (κ1) is 49.6. The Morgan fingerprint density at radius 3 is 1.79 bits per heavy atom. The molecule has 0 bridgehead atoms. The number of anilines is 6. The van der Waals surface area contributed by atoms with E-state index in [0.717, 1.165) is 69.3 Å². The standard InChI is InChI=1S/C71H75B2N3O/c1-11-15-19-47-24-32-60-54(36-47)55-34-45(6)35-59-70(55)76(60)64-38-48(20-16-12-2)37-63-68(64)73(59)57-42-58-66(43-62(57)75(63)52-28-22-44(5)23-29-52)77-67-40-49(21-17-13-3)39-65-69(67)72(58)56-41-50(46(7)18-14-4)25-33-61(56)74(65)53-30-26-51(27-31-53)71(8,9)10/h22-43,46H,11-21H2,1-10H3/t46-/m1/s1. The average molecular weight is 1010 g/mol. The molecule has 5 heterocycles. The van der Waals surface area contributed by atoms with Crippen molar-refractivity contribution in [3.63, 3.8) is 0 Å². The Labute approximate surface area is 459 Å². The fourth-order valence-electron chi connectivity index (χ4n) is 14.0. The zero-order chi connectivity index (χ0) is 53.0. The van der Waals surface area contributed by atoms with Crippen LogP contribution in [-0.4, -0.2) is 18.0 Å². The van der Waals surface area contributed by atoms with E-state index < -0.39 is 0 Å². The molecule has 0 aliphatic carbocycles. The summed E-state index contributed by atoms with van der Waals surface area (Å²) in [6, 6.07) is 53.6. The molecule has 0 radical (unpaired) electrons. The van der Waals surface area contributed by atoms with Crippen LogP contribution in [0.25, 0.3) is 27.5 Å². The van der Waals surface area contributed by atoms with Crippen LogP contribution in [-0.2, 0) is 24.7 Å². The molecule has 0 unspecified atom stereocenters. The first-order valence-corrected chi connectivity index (χ1v) is 29.6. The van der Waals surface area contributed by atoms with E-state index >= 15 is 0 Å². The molecule has 0 saturated heterocycles. The largest absolute Gasteiger partial charge is 0.458 e. The number of hydrogen-bond acceptors (Lipinski definition) is 3. The highest BCUT2D eigenvalue weighted by Gasteiger charge is 2.47. The molecule has 0 N–H and O–H groups in total. The fraction of sp³-hybridized carbons (Fsp3) is 0.324. The van der Waals surface area contributed by atoms with Crippen molar-refractivity contribution in [1.82, 2.24) is 4.57 Å². The van der Waals surface area contributed by atoms with Gasteiger partial charge in [0.1, 0.15) is 11.5 Å². The summed E-state index contributed by atoms with van der Waals surface area (Å²) in [5.41, 5.74) is 28.9. The Hall–Kier alpha value is -6.91. The lowest BCUT2D eigenvalue weighted by atomic mass is 9.30. The van der Waals surface area contributed by atoms with Crippen LogP contribution < -0.4 is 47.3 Å². The molecule has 9 aromatic rings. The molecule has 386 valence electrons. The van der Waals surface area contributed by atoms with E-state index in [0.29, 0.717) is 5.92 Å². The van der Waals surface area contributed by atoms with Crippen molar-refractivity contribution < 1.29 is 4.74 Å². The van der Waals surface area contributed by atoms with Gasteiger partial charge in [0.2, 0.25) is 0 Å². The number of nitrogens with zero attached hydrogens (tertiary/aromatic N) is 3. The van der Waals surface area contributed by atoms with Gasteiger partial charge in [0.25, 0.3) is 13.4 Å². The maximum atomic E-state index is 7.62. The normalized spacial score (nSPS) is 14.1. The summed E-state index contributed by atoms with van der Waals surface area (Å²) >= 11 is 0. The van der Waals surface area contributed by atoms with Crippen LogP contribution in [0.15, 0.2) is 133 Å². The van der Waals surface area contributed by atoms with Crippen molar-refractivity contribution in [3.8, 4) is 17.2 Å². The maximum Gasteiger partial charge on any atom is 0.256 e. The van der Waals surface area contributed by atoms with E-state index in [9.17, 15) is 0 Å². The molecule has 0 fully saturated rings. The third-order valence-corrected chi connectivity index (χ3v) is 18.0. The lowest BCUT2D eigenvalue weighted by molar-refractivity contribution is 0.487. The van der Waals surface area contributed by atoms with Crippen molar-refractivity contribution in [1.29, 1.82) is 0 Å². The molecule has 77 heavy (non-hydrogen) atoms. The number of aryl methyl sites for hydroxylation is 5. The Bertz CT molecular complexity index is 3800. The topological polar surface area (TPSA) is 20.6 Å². The highest BCUT2D eigenvalue weighted by molar-refractivity contribution is 7.02. The summed E-state index contributed by atoms with van der Waals surface area (Å²) in [4.78, 5) is 5.18. The van der Waals surface area contributed by atoms with Crippen LogP contribution in [0.1, 0.15) is 152 Å². The molecule has 4 nitrogen and oxygen atoms in total. The summed E-state index contributed by atoms with van der Waals surface area (Å²) in [6.45, 7) is 23.1. The number of rotatable bonds is 14. The number of ether oxygens (including phenoxy) is 1. The van der Waals surface area contributed by atoms with Crippen LogP contribution in [0.3, 0.4) is 0 Å². The smallest absolute Gasteiger partial charge is 0.256 e. The van der Waals surface area contributed by atoms with Crippen LogP contribution >= 0.6 is 0 Å². The van der Waals surface area contributed by atoms with Crippen LogP contribution in [0.4, 0.5) is 34.1 Å². The molecule has 1 atom stereocenters. The van der Waals surface area contributed by atoms with E-state index in [4.69, 9.17) is 4.74 Å². The summed E-state index contributed by atoms with van der Waals surface area (Å²) in [5, 5.41) is 2.73. The Morgan fingerprint density at radius 1 is 0.481 bits per heavy atom. The predicted molar refractivity (Wildman–Crippen MR) is 333 cm³/mol. The monoisotopic (exact) mass is 1010 g/mol. The quantitative estimate of drug-likeness (QED) is 0.101. The Kier molecular flexibility index (Phi) is 12.4. The number of hydrogen-bond donors (Lipinski definition) is 0. The average Bonchev–Trinajstić information content (AvgIpc) is 3.82. The first-order valence-electron chi connectivity index (χ1n) is 29.6. The second kappa shape index (κ2) is 19.2. The van der Waals surface area contributed by atoms with Gasteiger partial charge in [-0.05, 0) is 204 Å². The molecule has 1 aromatic heterocycles. The SMILES string of the molecule is CCCCc1cc2c3c(c1)N(c1ccc(C(C)(C)C)cc1)c1ccc([C@H](C)CCC)cc1B3c1cc3c(cc1O2)N(c1ccc(C)cc1)c1cc(CCCC)cc2c1B3c1cc(C)cc3c4cc(CCCC)ccc4n-2c13. The van der Waals surface area contributed by atoms with Crippen molar-refractivity contribution in [2.75, 3.05) is 9.80 Å². The van der Waals surface area contributed by atoms with E-state index in [1.165, 1.54) is 146 Å². The van der Waals surface area contributed by atoms with E-state index in [2.05, 4.69) is 217 Å². The van der Waals surface area contributed by atoms with Crippen LogP contribution in [0.2, 0.25) is 0 Å². The van der Waals surface area contributed by atoms with Gasteiger partial charge in [0, 0.05) is 62.2 Å². The molecular formula is C71H75B2N3O. The lowest BCUT2D eigenvalue weighted by Gasteiger charge is -2.43. The Balaban J connectivity index is 1.11. The van der Waals surface area contributed by atoms with Gasteiger partial charge in [-0.2, -0.15) is 0 Å². The minimum atomic E-state index is -0.0395. The number of fused-ring (bicyclic) bond motifs is 11. The molecule has 13 rings (SSSR count). The second-order valence-corrected chi connectivity index (χ2v) is 24.6. The fourth-order valence-corrected chi connectivity index (χ4v) is 14.0. The van der Waals surface area contributed by atoms with Crippen molar-refractivity contribution in [3.05, 3.63) is 172 Å². The zero-order valence-electron chi connectivity index (χ0n) is 47.5. The molecule has 4 aliphatic rings. The number of aromatic nitrogens is 1. The lowest BCUT2D eigenvalue weighted by Crippen LogP contribution is -2.64. The summed E-state index contributed by atoms with van der Waals surface area (Å²) in [6.07, 6.45) is 12.4. The van der Waals surface area contributed by atoms with E-state index in [1.54, 1.807) is 0 Å². The molecule has 0 amide bonds. The van der Waals surface area contributed by atoms with E-state index in [-0.39, 0.29) is 18.8 Å². The van der Waals surface area contributed by atoms with Gasteiger partial charge in [-0.3, -0.25) is 0 Å². The number of unbranched alkanes of at least 4 members (excludes halogenated alkanes) is 3. The van der Waals surface area contributed by atoms with Crippen molar-refractivity contribution in [2.45, 2.75) is 151 Å². The molecule has 8 aromatic carbocycles. The maximum absolute atomic E-state index is 7.62. The third kappa shape index (κ3) is 8.09. The minimum Gasteiger partial charge on any atom is -0.458 e. The second-order valence-electron chi connectivity index (χ2n) is 24.6. The van der Waals surface area contributed by atoms with Gasteiger partial charge in [-0.1, -0.05) is 147 Å². The minimum absolute atomic E-state index is 0.00455. The molecule has 6 heteroatoms. The van der Waals surface area contributed by atoms with Gasteiger partial charge in [0.15, 0.2) is 0 Å². The van der Waals surface area contributed by atoms with Crippen LogP contribution in [0.5, 0.6) is 11.5 Å². The predicted octanol–water partition coefficient (Wildman–Crippen LogP) is 15.6. The first-order chi connectivity index (χ1) is 37.4.